The van der Waals surface area contributed by atoms with Crippen molar-refractivity contribution in [3.63, 3.8) is 0 Å². The summed E-state index contributed by atoms with van der Waals surface area (Å²) in [5, 5.41) is 10.1. The molecular formula is C17H26N2O4. The second-order valence-electron chi connectivity index (χ2n) is 6.29. The van der Waals surface area contributed by atoms with Crippen LogP contribution in [0.3, 0.4) is 0 Å². The van der Waals surface area contributed by atoms with Gasteiger partial charge in [0.1, 0.15) is 6.61 Å². The minimum Gasteiger partial charge on any atom is -0.486 e. The fourth-order valence-electron chi connectivity index (χ4n) is 2.86. The molecule has 1 fully saturated rings. The highest BCUT2D eigenvalue weighted by atomic mass is 16.6. The molecule has 0 amide bonds. The van der Waals surface area contributed by atoms with Gasteiger partial charge in [0.25, 0.3) is 0 Å². The number of ether oxygens (including phenoxy) is 3. The van der Waals surface area contributed by atoms with E-state index in [1.54, 1.807) is 0 Å². The molecule has 2 atom stereocenters. The number of β-amino-alcohol motifs (C(OH)–C–C–N with tert-alkyl or cyclic N) is 1. The van der Waals surface area contributed by atoms with E-state index in [4.69, 9.17) is 14.2 Å². The molecule has 2 aliphatic rings. The van der Waals surface area contributed by atoms with Gasteiger partial charge in [0.05, 0.1) is 19.3 Å². The van der Waals surface area contributed by atoms with Crippen molar-refractivity contribution in [2.75, 3.05) is 59.6 Å². The number of hydrogen-bond acceptors (Lipinski definition) is 6. The fourth-order valence-corrected chi connectivity index (χ4v) is 2.86. The third-order valence-electron chi connectivity index (χ3n) is 4.25. The van der Waals surface area contributed by atoms with Gasteiger partial charge in [-0.15, -0.1) is 0 Å². The Morgan fingerprint density at radius 1 is 1.22 bits per heavy atom. The van der Waals surface area contributed by atoms with Crippen molar-refractivity contribution in [3.05, 3.63) is 24.3 Å². The van der Waals surface area contributed by atoms with Crippen molar-refractivity contribution in [1.82, 2.24) is 9.80 Å². The number of aliphatic hydroxyl groups excluding tert-OH is 1. The van der Waals surface area contributed by atoms with Crippen LogP contribution >= 0.6 is 0 Å². The van der Waals surface area contributed by atoms with E-state index in [2.05, 4.69) is 16.8 Å². The van der Waals surface area contributed by atoms with E-state index in [1.165, 1.54) is 0 Å². The first-order chi connectivity index (χ1) is 11.2. The first-order valence-corrected chi connectivity index (χ1v) is 8.26. The van der Waals surface area contributed by atoms with Crippen molar-refractivity contribution >= 4 is 0 Å². The van der Waals surface area contributed by atoms with Crippen LogP contribution < -0.4 is 9.47 Å². The molecule has 1 saturated heterocycles. The zero-order valence-electron chi connectivity index (χ0n) is 13.7. The van der Waals surface area contributed by atoms with Gasteiger partial charge in [0.2, 0.25) is 0 Å². The van der Waals surface area contributed by atoms with Crippen molar-refractivity contribution in [3.8, 4) is 11.5 Å². The van der Waals surface area contributed by atoms with Crippen LogP contribution in [0.15, 0.2) is 24.3 Å². The summed E-state index contributed by atoms with van der Waals surface area (Å²) >= 11 is 0. The summed E-state index contributed by atoms with van der Waals surface area (Å²) in [6.07, 6.45) is -0.587. The van der Waals surface area contributed by atoms with Gasteiger partial charge >= 0.3 is 0 Å². The Balaban J connectivity index is 1.34. The minimum absolute atomic E-state index is 0.124. The molecule has 0 aromatic heterocycles. The molecule has 1 aromatic carbocycles. The van der Waals surface area contributed by atoms with Crippen LogP contribution in [-0.2, 0) is 4.74 Å². The fraction of sp³-hybridized carbons (Fsp3) is 0.647. The zero-order chi connectivity index (χ0) is 16.1. The molecule has 0 radical (unpaired) electrons. The molecule has 2 heterocycles. The SMILES string of the molecule is CN1CCN(C[C@H](O)COC[C@@H]2COc3ccccc3O2)CC1. The van der Waals surface area contributed by atoms with Crippen LogP contribution in [0.1, 0.15) is 0 Å². The summed E-state index contributed by atoms with van der Waals surface area (Å²) in [4.78, 5) is 4.59. The van der Waals surface area contributed by atoms with Gasteiger partial charge < -0.3 is 24.2 Å². The van der Waals surface area contributed by atoms with E-state index in [0.717, 1.165) is 37.7 Å². The molecule has 6 nitrogen and oxygen atoms in total. The Hall–Kier alpha value is -1.34. The Labute approximate surface area is 137 Å². The lowest BCUT2D eigenvalue weighted by atomic mass is 10.2. The zero-order valence-corrected chi connectivity index (χ0v) is 13.7. The van der Waals surface area contributed by atoms with Crippen molar-refractivity contribution in [2.24, 2.45) is 0 Å². The summed E-state index contributed by atoms with van der Waals surface area (Å²) in [5.41, 5.74) is 0. The first-order valence-electron chi connectivity index (χ1n) is 8.26. The Bertz CT molecular complexity index is 491. The number of para-hydroxylation sites is 2. The highest BCUT2D eigenvalue weighted by Gasteiger charge is 2.22. The van der Waals surface area contributed by atoms with Crippen LogP contribution in [0.4, 0.5) is 0 Å². The predicted octanol–water partition coefficient (Wildman–Crippen LogP) is 0.451. The van der Waals surface area contributed by atoms with Crippen LogP contribution in [0, 0.1) is 0 Å². The van der Waals surface area contributed by atoms with E-state index in [0.29, 0.717) is 26.4 Å². The average molecular weight is 322 g/mol. The van der Waals surface area contributed by atoms with Gasteiger partial charge in [-0.05, 0) is 19.2 Å². The molecule has 3 rings (SSSR count). The smallest absolute Gasteiger partial charge is 0.161 e. The summed E-state index contributed by atoms with van der Waals surface area (Å²) in [5.74, 6) is 1.53. The van der Waals surface area contributed by atoms with E-state index in [9.17, 15) is 5.11 Å². The first kappa shape index (κ1) is 16.5. The second-order valence-corrected chi connectivity index (χ2v) is 6.29. The lowest BCUT2D eigenvalue weighted by Gasteiger charge is -2.33. The summed E-state index contributed by atoms with van der Waals surface area (Å²) in [6.45, 7) is 6.01. The summed E-state index contributed by atoms with van der Waals surface area (Å²) in [6, 6.07) is 7.63. The highest BCUT2D eigenvalue weighted by molar-refractivity contribution is 5.40. The van der Waals surface area contributed by atoms with Gasteiger partial charge in [-0.25, -0.2) is 0 Å². The standard InChI is InChI=1S/C17H26N2O4/c1-18-6-8-19(9-7-18)10-14(20)11-21-12-15-13-22-16-4-2-3-5-17(16)23-15/h2-5,14-15,20H,6-13H2,1H3/t14-,15+/m0/s1. The van der Waals surface area contributed by atoms with Crippen LogP contribution in [-0.4, -0.2) is 86.7 Å². The van der Waals surface area contributed by atoms with Gasteiger partial charge in [-0.1, -0.05) is 12.1 Å². The minimum atomic E-state index is -0.463. The number of piperazine rings is 1. The average Bonchev–Trinajstić information content (AvgIpc) is 2.57. The quantitative estimate of drug-likeness (QED) is 0.821. The van der Waals surface area contributed by atoms with Crippen molar-refractivity contribution in [1.29, 1.82) is 0 Å². The predicted molar refractivity (Wildman–Crippen MR) is 87.1 cm³/mol. The Morgan fingerprint density at radius 2 is 1.96 bits per heavy atom. The van der Waals surface area contributed by atoms with Gasteiger partial charge in [-0.3, -0.25) is 4.90 Å². The maximum Gasteiger partial charge on any atom is 0.161 e. The number of likely N-dealkylation sites (N-methyl/N-ethyl adjacent to an activating group) is 1. The summed E-state index contributed by atoms with van der Waals surface area (Å²) < 4.78 is 17.1. The van der Waals surface area contributed by atoms with Crippen LogP contribution in [0.5, 0.6) is 11.5 Å². The molecular weight excluding hydrogens is 296 g/mol. The number of aliphatic hydroxyl groups is 1. The second kappa shape index (κ2) is 7.97. The number of nitrogens with zero attached hydrogens (tertiary/aromatic N) is 2. The lowest BCUT2D eigenvalue weighted by molar-refractivity contribution is -0.0315. The van der Waals surface area contributed by atoms with Gasteiger partial charge in [-0.2, -0.15) is 0 Å². The maximum absolute atomic E-state index is 10.1. The summed E-state index contributed by atoms with van der Waals surface area (Å²) in [7, 11) is 2.13. The van der Waals surface area contributed by atoms with E-state index >= 15 is 0 Å². The largest absolute Gasteiger partial charge is 0.486 e. The number of benzene rings is 1. The molecule has 0 unspecified atom stereocenters. The maximum atomic E-state index is 10.1. The van der Waals surface area contributed by atoms with E-state index in [1.807, 2.05) is 24.3 Å². The molecule has 0 bridgehead atoms. The Morgan fingerprint density at radius 3 is 2.74 bits per heavy atom. The molecule has 0 aliphatic carbocycles. The van der Waals surface area contributed by atoms with Gasteiger partial charge in [0, 0.05) is 32.7 Å². The lowest BCUT2D eigenvalue weighted by Crippen LogP contribution is -2.47. The third kappa shape index (κ3) is 4.81. The van der Waals surface area contributed by atoms with Crippen molar-refractivity contribution in [2.45, 2.75) is 12.2 Å². The monoisotopic (exact) mass is 322 g/mol. The van der Waals surface area contributed by atoms with E-state index < -0.39 is 6.10 Å². The number of rotatable bonds is 6. The normalized spacial score (nSPS) is 23.7. The van der Waals surface area contributed by atoms with E-state index in [-0.39, 0.29) is 6.10 Å². The topological polar surface area (TPSA) is 54.4 Å². The molecule has 2 aliphatic heterocycles. The molecule has 0 spiro atoms. The molecule has 1 N–H and O–H groups in total. The number of hydrogen-bond donors (Lipinski definition) is 1. The van der Waals surface area contributed by atoms with Crippen molar-refractivity contribution < 1.29 is 19.3 Å². The highest BCUT2D eigenvalue weighted by Crippen LogP contribution is 2.30. The molecule has 128 valence electrons. The molecule has 0 saturated carbocycles. The number of fused-ring (bicyclic) bond motifs is 1. The molecule has 1 aromatic rings. The molecule has 6 heteroatoms. The van der Waals surface area contributed by atoms with Gasteiger partial charge in [0.15, 0.2) is 17.6 Å². The van der Waals surface area contributed by atoms with Crippen LogP contribution in [0.2, 0.25) is 0 Å². The third-order valence-corrected chi connectivity index (χ3v) is 4.25. The Kier molecular flexibility index (Phi) is 5.72. The van der Waals surface area contributed by atoms with Crippen LogP contribution in [0.25, 0.3) is 0 Å². The molecule has 23 heavy (non-hydrogen) atoms.